The van der Waals surface area contributed by atoms with Crippen LogP contribution < -0.4 is 0 Å². The second-order valence-corrected chi connectivity index (χ2v) is 4.69. The highest BCUT2D eigenvalue weighted by molar-refractivity contribution is 5.43. The van der Waals surface area contributed by atoms with Crippen molar-refractivity contribution in [3.05, 3.63) is 59.4 Å². The molecule has 0 saturated heterocycles. The van der Waals surface area contributed by atoms with Crippen molar-refractivity contribution in [3.8, 4) is 0 Å². The summed E-state index contributed by atoms with van der Waals surface area (Å²) in [7, 11) is 0. The second-order valence-electron chi connectivity index (χ2n) is 4.69. The molecular weight excluding hydrogens is 277 g/mol. The quantitative estimate of drug-likeness (QED) is 0.616. The highest BCUT2D eigenvalue weighted by atomic mass is 19.1. The van der Waals surface area contributed by atoms with Crippen LogP contribution in [0, 0.1) is 17.5 Å². The van der Waals surface area contributed by atoms with E-state index >= 15 is 0 Å². The van der Waals surface area contributed by atoms with Gasteiger partial charge in [-0.2, -0.15) is 5.11 Å². The topological polar surface area (TPSA) is 24.7 Å². The summed E-state index contributed by atoms with van der Waals surface area (Å²) in [6.45, 7) is 2.12. The van der Waals surface area contributed by atoms with Gasteiger partial charge in [0.15, 0.2) is 17.3 Å². The molecule has 2 aromatic rings. The predicted octanol–water partition coefficient (Wildman–Crippen LogP) is 5.86. The third-order valence-electron chi connectivity index (χ3n) is 3.00. The Morgan fingerprint density at radius 2 is 1.52 bits per heavy atom. The standard InChI is InChI=1S/C16H15F3N2/c1-2-3-4-11-5-7-13(8-6-11)20-21-16-14(18)9-12(17)10-15(16)19/h5-10H,2-4H2,1H3. The van der Waals surface area contributed by atoms with Gasteiger partial charge in [0.2, 0.25) is 0 Å². The lowest BCUT2D eigenvalue weighted by molar-refractivity contribution is 0.545. The molecule has 0 aliphatic rings. The van der Waals surface area contributed by atoms with Gasteiger partial charge < -0.3 is 0 Å². The van der Waals surface area contributed by atoms with Crippen LogP contribution in [-0.2, 0) is 6.42 Å². The van der Waals surface area contributed by atoms with E-state index in [1.54, 1.807) is 12.1 Å². The number of rotatable bonds is 5. The molecule has 2 aromatic carbocycles. The highest BCUT2D eigenvalue weighted by Gasteiger charge is 2.10. The fourth-order valence-electron chi connectivity index (χ4n) is 1.85. The summed E-state index contributed by atoms with van der Waals surface area (Å²) < 4.78 is 39.5. The normalized spacial score (nSPS) is 11.2. The molecule has 0 aliphatic carbocycles. The average Bonchev–Trinajstić information content (AvgIpc) is 2.45. The third-order valence-corrected chi connectivity index (χ3v) is 3.00. The van der Waals surface area contributed by atoms with Crippen LogP contribution in [0.1, 0.15) is 25.3 Å². The number of hydrogen-bond donors (Lipinski definition) is 0. The molecule has 5 heteroatoms. The number of nitrogens with zero attached hydrogens (tertiary/aromatic N) is 2. The van der Waals surface area contributed by atoms with Crippen molar-refractivity contribution < 1.29 is 13.2 Å². The van der Waals surface area contributed by atoms with Gasteiger partial charge in [-0.05, 0) is 30.5 Å². The summed E-state index contributed by atoms with van der Waals surface area (Å²) in [6, 6.07) is 8.42. The molecule has 0 heterocycles. The Morgan fingerprint density at radius 1 is 0.905 bits per heavy atom. The van der Waals surface area contributed by atoms with Gasteiger partial charge in [0, 0.05) is 12.1 Å². The largest absolute Gasteiger partial charge is 0.207 e. The molecule has 0 aliphatic heterocycles. The smallest absolute Gasteiger partial charge is 0.157 e. The lowest BCUT2D eigenvalue weighted by Crippen LogP contribution is -1.85. The summed E-state index contributed by atoms with van der Waals surface area (Å²) in [5.74, 6) is -3.13. The van der Waals surface area contributed by atoms with Crippen LogP contribution in [0.25, 0.3) is 0 Å². The number of hydrogen-bond acceptors (Lipinski definition) is 2. The van der Waals surface area contributed by atoms with Gasteiger partial charge in [-0.25, -0.2) is 13.2 Å². The van der Waals surface area contributed by atoms with Gasteiger partial charge in [0.05, 0.1) is 5.69 Å². The van der Waals surface area contributed by atoms with Gasteiger partial charge in [-0.3, -0.25) is 0 Å². The van der Waals surface area contributed by atoms with Gasteiger partial charge in [0.25, 0.3) is 0 Å². The molecule has 0 N–H and O–H groups in total. The minimum atomic E-state index is -1.07. The van der Waals surface area contributed by atoms with Crippen LogP contribution in [-0.4, -0.2) is 0 Å². The maximum atomic E-state index is 13.4. The van der Waals surface area contributed by atoms with Crippen LogP contribution in [0.15, 0.2) is 46.6 Å². The summed E-state index contributed by atoms with van der Waals surface area (Å²) in [4.78, 5) is 0. The van der Waals surface area contributed by atoms with Crippen molar-refractivity contribution in [3.63, 3.8) is 0 Å². The monoisotopic (exact) mass is 292 g/mol. The molecule has 2 rings (SSSR count). The summed E-state index contributed by atoms with van der Waals surface area (Å²) in [5.41, 5.74) is 1.07. The molecule has 0 atom stereocenters. The Balaban J connectivity index is 2.14. The van der Waals surface area contributed by atoms with E-state index in [4.69, 9.17) is 0 Å². The number of unbranched alkanes of at least 4 members (excludes halogenated alkanes) is 1. The lowest BCUT2D eigenvalue weighted by atomic mass is 10.1. The Hall–Kier alpha value is -2.17. The van der Waals surface area contributed by atoms with E-state index in [0.29, 0.717) is 17.8 Å². The molecule has 0 aromatic heterocycles. The molecule has 0 fully saturated rings. The van der Waals surface area contributed by atoms with E-state index in [0.717, 1.165) is 19.3 Å². The molecule has 0 spiro atoms. The lowest BCUT2D eigenvalue weighted by Gasteiger charge is -2.00. The number of halogens is 3. The minimum Gasteiger partial charge on any atom is -0.207 e. The van der Waals surface area contributed by atoms with Crippen LogP contribution in [0.4, 0.5) is 24.5 Å². The van der Waals surface area contributed by atoms with Gasteiger partial charge >= 0.3 is 0 Å². The summed E-state index contributed by atoms with van der Waals surface area (Å²) >= 11 is 0. The number of aryl methyl sites for hydroxylation is 1. The van der Waals surface area contributed by atoms with Gasteiger partial charge in [0.1, 0.15) is 5.82 Å². The Morgan fingerprint density at radius 3 is 2.10 bits per heavy atom. The van der Waals surface area contributed by atoms with Crippen LogP contribution in [0.5, 0.6) is 0 Å². The first-order chi connectivity index (χ1) is 10.1. The zero-order valence-electron chi connectivity index (χ0n) is 11.6. The zero-order valence-corrected chi connectivity index (χ0v) is 11.6. The molecular formula is C16H15F3N2. The molecule has 0 saturated carbocycles. The maximum absolute atomic E-state index is 13.4. The second kappa shape index (κ2) is 7.02. The zero-order chi connectivity index (χ0) is 15.2. The van der Waals surface area contributed by atoms with Crippen molar-refractivity contribution in [1.29, 1.82) is 0 Å². The SMILES string of the molecule is CCCCc1ccc(N=Nc2c(F)cc(F)cc2F)cc1. The first kappa shape index (κ1) is 15.2. The maximum Gasteiger partial charge on any atom is 0.157 e. The molecule has 0 bridgehead atoms. The number of benzene rings is 2. The van der Waals surface area contributed by atoms with E-state index < -0.39 is 23.1 Å². The van der Waals surface area contributed by atoms with Crippen molar-refractivity contribution in [2.24, 2.45) is 10.2 Å². The van der Waals surface area contributed by atoms with E-state index in [9.17, 15) is 13.2 Å². The van der Waals surface area contributed by atoms with Gasteiger partial charge in [-0.1, -0.05) is 25.5 Å². The molecule has 110 valence electrons. The molecule has 0 amide bonds. The predicted molar refractivity (Wildman–Crippen MR) is 75.5 cm³/mol. The van der Waals surface area contributed by atoms with E-state index in [-0.39, 0.29) is 0 Å². The Kier molecular flexibility index (Phi) is 5.09. The molecule has 2 nitrogen and oxygen atoms in total. The fraction of sp³-hybridized carbons (Fsp3) is 0.250. The molecule has 0 unspecified atom stereocenters. The van der Waals surface area contributed by atoms with Crippen molar-refractivity contribution in [2.45, 2.75) is 26.2 Å². The Bertz CT molecular complexity index is 613. The highest BCUT2D eigenvalue weighted by Crippen LogP contribution is 2.25. The Labute approximate surface area is 121 Å². The van der Waals surface area contributed by atoms with Crippen LogP contribution in [0.2, 0.25) is 0 Å². The average molecular weight is 292 g/mol. The first-order valence-electron chi connectivity index (χ1n) is 6.75. The fourth-order valence-corrected chi connectivity index (χ4v) is 1.85. The van der Waals surface area contributed by atoms with E-state index in [1.165, 1.54) is 5.56 Å². The van der Waals surface area contributed by atoms with Crippen LogP contribution >= 0.6 is 0 Å². The van der Waals surface area contributed by atoms with Crippen molar-refractivity contribution in [1.82, 2.24) is 0 Å². The van der Waals surface area contributed by atoms with Crippen LogP contribution in [0.3, 0.4) is 0 Å². The summed E-state index contributed by atoms with van der Waals surface area (Å²) in [5, 5.41) is 7.29. The molecule has 0 radical (unpaired) electrons. The van der Waals surface area contributed by atoms with Gasteiger partial charge in [-0.15, -0.1) is 5.11 Å². The molecule has 21 heavy (non-hydrogen) atoms. The minimum absolute atomic E-state index is 0.485. The van der Waals surface area contributed by atoms with E-state index in [2.05, 4.69) is 17.2 Å². The van der Waals surface area contributed by atoms with E-state index in [1.807, 2.05) is 12.1 Å². The number of azo groups is 1. The van der Waals surface area contributed by atoms with Crippen molar-refractivity contribution >= 4 is 11.4 Å². The first-order valence-corrected chi connectivity index (χ1v) is 6.75. The van der Waals surface area contributed by atoms with Crippen molar-refractivity contribution in [2.75, 3.05) is 0 Å². The third kappa shape index (κ3) is 4.15. The summed E-state index contributed by atoms with van der Waals surface area (Å²) in [6.07, 6.45) is 3.20.